The Labute approximate surface area is 218 Å². The van der Waals surface area contributed by atoms with E-state index in [-0.39, 0.29) is 24.0 Å². The number of nitrogens with one attached hydrogen (secondary N) is 2. The van der Waals surface area contributed by atoms with Gasteiger partial charge < -0.3 is 25.0 Å². The molecular weight excluding hydrogens is 543 g/mol. The van der Waals surface area contributed by atoms with E-state index in [0.717, 1.165) is 60.6 Å². The fourth-order valence-corrected chi connectivity index (χ4v) is 3.99. The fourth-order valence-electron chi connectivity index (χ4n) is 3.99. The minimum atomic E-state index is 0. The van der Waals surface area contributed by atoms with Gasteiger partial charge in [-0.1, -0.05) is 12.1 Å². The summed E-state index contributed by atoms with van der Waals surface area (Å²) in [5.41, 5.74) is 3.03. The van der Waals surface area contributed by atoms with E-state index < -0.39 is 0 Å². The molecule has 4 rings (SSSR count). The lowest BCUT2D eigenvalue weighted by Gasteiger charge is -2.22. The van der Waals surface area contributed by atoms with Crippen LogP contribution in [-0.4, -0.2) is 55.6 Å². The maximum Gasteiger partial charge on any atom is 0.191 e. The Morgan fingerprint density at radius 2 is 1.88 bits per heavy atom. The van der Waals surface area contributed by atoms with Crippen molar-refractivity contribution in [3.8, 4) is 17.2 Å². The van der Waals surface area contributed by atoms with Crippen molar-refractivity contribution in [2.45, 2.75) is 25.9 Å². The predicted molar refractivity (Wildman–Crippen MR) is 147 cm³/mol. The second-order valence-electron chi connectivity index (χ2n) is 7.89. The normalized spacial score (nSPS) is 15.6. The van der Waals surface area contributed by atoms with Crippen LogP contribution in [0.25, 0.3) is 5.69 Å². The Hall–Kier alpha value is -2.95. The number of nitrogens with zero attached hydrogens (tertiary/aromatic N) is 4. The summed E-state index contributed by atoms with van der Waals surface area (Å²) >= 11 is 0. The molecule has 0 amide bonds. The number of aromatic nitrogens is 2. The lowest BCUT2D eigenvalue weighted by molar-refractivity contribution is 0.414. The SMILES string of the molecule is CCNC(=NCc1ccn(-c2ccc(OC)cc2)n1)NC1CCN(c2ccccc2OC)C1.I. The van der Waals surface area contributed by atoms with E-state index in [0.29, 0.717) is 12.6 Å². The molecule has 1 fully saturated rings. The van der Waals surface area contributed by atoms with Gasteiger partial charge in [0.1, 0.15) is 11.5 Å². The number of methoxy groups -OCH3 is 2. The van der Waals surface area contributed by atoms with Crippen LogP contribution in [0.5, 0.6) is 11.5 Å². The molecule has 2 N–H and O–H groups in total. The quantitative estimate of drug-likeness (QED) is 0.241. The van der Waals surface area contributed by atoms with Crippen molar-refractivity contribution in [1.82, 2.24) is 20.4 Å². The van der Waals surface area contributed by atoms with Crippen LogP contribution in [0.1, 0.15) is 19.0 Å². The number of halogens is 1. The molecule has 8 nitrogen and oxygen atoms in total. The molecule has 9 heteroatoms. The second kappa shape index (κ2) is 12.5. The summed E-state index contributed by atoms with van der Waals surface area (Å²) in [7, 11) is 3.38. The van der Waals surface area contributed by atoms with Crippen molar-refractivity contribution in [2.24, 2.45) is 4.99 Å². The molecule has 0 spiro atoms. The van der Waals surface area contributed by atoms with Gasteiger partial charge in [0, 0.05) is 31.9 Å². The monoisotopic (exact) mass is 576 g/mol. The number of hydrogen-bond donors (Lipinski definition) is 2. The predicted octanol–water partition coefficient (Wildman–Crippen LogP) is 3.84. The molecule has 1 saturated heterocycles. The molecule has 0 radical (unpaired) electrons. The lowest BCUT2D eigenvalue weighted by Crippen LogP contribution is -2.44. The molecule has 2 heterocycles. The molecule has 0 aliphatic carbocycles. The molecule has 0 bridgehead atoms. The molecule has 3 aromatic rings. The van der Waals surface area contributed by atoms with Gasteiger partial charge >= 0.3 is 0 Å². The molecule has 2 aromatic carbocycles. The van der Waals surface area contributed by atoms with Gasteiger partial charge in [0.15, 0.2) is 5.96 Å². The van der Waals surface area contributed by atoms with Gasteiger partial charge in [0.05, 0.1) is 37.8 Å². The van der Waals surface area contributed by atoms with Gasteiger partial charge in [-0.05, 0) is 55.8 Å². The van der Waals surface area contributed by atoms with Crippen molar-refractivity contribution in [3.05, 3.63) is 66.5 Å². The second-order valence-corrected chi connectivity index (χ2v) is 7.89. The number of anilines is 1. The molecule has 1 aliphatic rings. The maximum atomic E-state index is 5.53. The van der Waals surface area contributed by atoms with Gasteiger partial charge in [-0.15, -0.1) is 24.0 Å². The van der Waals surface area contributed by atoms with Crippen molar-refractivity contribution in [3.63, 3.8) is 0 Å². The van der Waals surface area contributed by atoms with E-state index in [9.17, 15) is 0 Å². The number of benzene rings is 2. The maximum absolute atomic E-state index is 5.53. The summed E-state index contributed by atoms with van der Waals surface area (Å²) in [6.07, 6.45) is 2.99. The molecular formula is C25H33IN6O2. The largest absolute Gasteiger partial charge is 0.497 e. The highest BCUT2D eigenvalue weighted by Gasteiger charge is 2.25. The van der Waals surface area contributed by atoms with Gasteiger partial charge in [-0.2, -0.15) is 5.10 Å². The fraction of sp³-hybridized carbons (Fsp3) is 0.360. The Morgan fingerprint density at radius 3 is 2.62 bits per heavy atom. The van der Waals surface area contributed by atoms with E-state index >= 15 is 0 Å². The molecule has 1 aromatic heterocycles. The van der Waals surface area contributed by atoms with E-state index in [2.05, 4.69) is 39.7 Å². The summed E-state index contributed by atoms with van der Waals surface area (Å²) in [5.74, 6) is 2.54. The number of aliphatic imine (C=N–C) groups is 1. The van der Waals surface area contributed by atoms with Gasteiger partial charge in [-0.25, -0.2) is 9.67 Å². The third kappa shape index (κ3) is 6.34. The average molecular weight is 576 g/mol. The van der Waals surface area contributed by atoms with Crippen LogP contribution >= 0.6 is 24.0 Å². The van der Waals surface area contributed by atoms with Gasteiger partial charge in [-0.3, -0.25) is 0 Å². The molecule has 1 atom stereocenters. The van der Waals surface area contributed by atoms with Gasteiger partial charge in [0.2, 0.25) is 0 Å². The number of hydrogen-bond acceptors (Lipinski definition) is 5. The molecule has 1 unspecified atom stereocenters. The van der Waals surface area contributed by atoms with E-state index in [4.69, 9.17) is 14.5 Å². The van der Waals surface area contributed by atoms with Crippen LogP contribution in [0, 0.1) is 0 Å². The van der Waals surface area contributed by atoms with Crippen LogP contribution in [0.3, 0.4) is 0 Å². The summed E-state index contributed by atoms with van der Waals surface area (Å²) in [5, 5.41) is 11.6. The summed E-state index contributed by atoms with van der Waals surface area (Å²) < 4.78 is 12.6. The van der Waals surface area contributed by atoms with Crippen LogP contribution < -0.4 is 25.0 Å². The number of guanidine groups is 1. The Kier molecular flexibility index (Phi) is 9.43. The molecule has 34 heavy (non-hydrogen) atoms. The zero-order chi connectivity index (χ0) is 23.0. The number of para-hydroxylation sites is 2. The van der Waals surface area contributed by atoms with Crippen molar-refractivity contribution >= 4 is 35.6 Å². The average Bonchev–Trinajstić information content (AvgIpc) is 3.52. The third-order valence-electron chi connectivity index (χ3n) is 5.68. The molecule has 0 saturated carbocycles. The first-order chi connectivity index (χ1) is 16.2. The molecule has 182 valence electrons. The van der Waals surface area contributed by atoms with Crippen molar-refractivity contribution in [2.75, 3.05) is 38.8 Å². The van der Waals surface area contributed by atoms with Crippen LogP contribution in [-0.2, 0) is 6.54 Å². The first kappa shape index (κ1) is 25.7. The van der Waals surface area contributed by atoms with Crippen LogP contribution in [0.2, 0.25) is 0 Å². The standard InChI is InChI=1S/C25H32N6O2.HI/c1-4-26-25(28-20-13-15-30(18-20)23-7-5-6-8-24(23)33-3)27-17-19-14-16-31(29-19)21-9-11-22(32-2)12-10-21;/h5-12,14,16,20H,4,13,15,17-18H2,1-3H3,(H2,26,27,28);1H. The minimum absolute atomic E-state index is 0. The van der Waals surface area contributed by atoms with Crippen molar-refractivity contribution in [1.29, 1.82) is 0 Å². The minimum Gasteiger partial charge on any atom is -0.497 e. The number of ether oxygens (including phenoxy) is 2. The Bertz CT molecular complexity index is 1070. The summed E-state index contributed by atoms with van der Waals surface area (Å²) in [4.78, 5) is 7.13. The van der Waals surface area contributed by atoms with E-state index in [1.54, 1.807) is 14.2 Å². The zero-order valence-corrected chi connectivity index (χ0v) is 22.2. The highest BCUT2D eigenvalue weighted by molar-refractivity contribution is 14.0. The lowest BCUT2D eigenvalue weighted by atomic mass is 10.2. The Balaban J connectivity index is 0.00000324. The first-order valence-corrected chi connectivity index (χ1v) is 11.3. The summed E-state index contributed by atoms with van der Waals surface area (Å²) in [6, 6.07) is 18.3. The highest BCUT2D eigenvalue weighted by atomic mass is 127. The topological polar surface area (TPSA) is 75.9 Å². The van der Waals surface area contributed by atoms with Gasteiger partial charge in [0.25, 0.3) is 0 Å². The van der Waals surface area contributed by atoms with Crippen LogP contribution in [0.4, 0.5) is 5.69 Å². The number of rotatable bonds is 8. The highest BCUT2D eigenvalue weighted by Crippen LogP contribution is 2.30. The smallest absolute Gasteiger partial charge is 0.191 e. The third-order valence-corrected chi connectivity index (χ3v) is 5.68. The van der Waals surface area contributed by atoms with E-state index in [1.165, 1.54) is 0 Å². The van der Waals surface area contributed by atoms with Crippen LogP contribution in [0.15, 0.2) is 65.8 Å². The first-order valence-electron chi connectivity index (χ1n) is 11.3. The summed E-state index contributed by atoms with van der Waals surface area (Å²) in [6.45, 7) is 5.25. The zero-order valence-electron chi connectivity index (χ0n) is 19.9. The Morgan fingerprint density at radius 1 is 1.09 bits per heavy atom. The van der Waals surface area contributed by atoms with Crippen molar-refractivity contribution < 1.29 is 9.47 Å². The molecule has 1 aliphatic heterocycles. The van der Waals surface area contributed by atoms with E-state index in [1.807, 2.05) is 53.3 Å².